The first kappa shape index (κ1) is 14.6. The summed E-state index contributed by atoms with van der Waals surface area (Å²) in [4.78, 5) is 11.4. The van der Waals surface area contributed by atoms with Gasteiger partial charge in [-0.3, -0.25) is 9.48 Å². The number of hydrogen-bond donors (Lipinski definition) is 3. The molecule has 102 valence electrons. The number of aliphatic hydroxyl groups excluding tert-OH is 1. The van der Waals surface area contributed by atoms with Crippen molar-refractivity contribution in [2.24, 2.45) is 11.7 Å². The molecule has 0 radical (unpaired) electrons. The van der Waals surface area contributed by atoms with Gasteiger partial charge in [0.15, 0.2) is 0 Å². The molecule has 7 nitrogen and oxygen atoms in total. The summed E-state index contributed by atoms with van der Waals surface area (Å²) in [7, 11) is 0. The molecule has 1 atom stereocenters. The van der Waals surface area contributed by atoms with Crippen LogP contribution in [-0.2, 0) is 11.3 Å². The fourth-order valence-electron chi connectivity index (χ4n) is 1.49. The summed E-state index contributed by atoms with van der Waals surface area (Å²) in [5.74, 6) is -0.0545. The molecule has 1 rings (SSSR count). The highest BCUT2D eigenvalue weighted by molar-refractivity contribution is 5.80. The molecule has 0 spiro atoms. The summed E-state index contributed by atoms with van der Waals surface area (Å²) < 4.78 is 1.60. The minimum Gasteiger partial charge on any atom is -0.396 e. The Morgan fingerprint density at radius 1 is 1.61 bits per heavy atom. The van der Waals surface area contributed by atoms with Gasteiger partial charge < -0.3 is 16.2 Å². The van der Waals surface area contributed by atoms with E-state index in [1.807, 2.05) is 13.8 Å². The van der Waals surface area contributed by atoms with Crippen LogP contribution in [0, 0.1) is 5.92 Å². The van der Waals surface area contributed by atoms with Gasteiger partial charge in [0.05, 0.1) is 6.20 Å². The van der Waals surface area contributed by atoms with Crippen LogP contribution in [-0.4, -0.2) is 39.2 Å². The van der Waals surface area contributed by atoms with E-state index in [9.17, 15) is 4.79 Å². The first-order valence-electron chi connectivity index (χ1n) is 6.08. The molecule has 4 N–H and O–H groups in total. The summed E-state index contributed by atoms with van der Waals surface area (Å²) in [6.45, 7) is 5.43. The maximum absolute atomic E-state index is 11.4. The molecule has 0 aromatic carbocycles. The molecule has 18 heavy (non-hydrogen) atoms. The largest absolute Gasteiger partial charge is 0.396 e. The second-order valence-electron chi connectivity index (χ2n) is 4.62. The van der Waals surface area contributed by atoms with Crippen molar-refractivity contribution in [3.8, 4) is 0 Å². The average Bonchev–Trinajstić information content (AvgIpc) is 2.74. The lowest BCUT2D eigenvalue weighted by Crippen LogP contribution is -2.35. The Kier molecular flexibility index (Phi) is 5.73. The van der Waals surface area contributed by atoms with Gasteiger partial charge >= 0.3 is 0 Å². The lowest BCUT2D eigenvalue weighted by molar-refractivity contribution is -0.120. The highest BCUT2D eigenvalue weighted by Gasteiger charge is 2.20. The van der Waals surface area contributed by atoms with Gasteiger partial charge in [-0.25, -0.2) is 0 Å². The number of nitrogens with one attached hydrogen (secondary N) is 1. The second-order valence-corrected chi connectivity index (χ2v) is 4.62. The van der Waals surface area contributed by atoms with Crippen molar-refractivity contribution in [3.05, 3.63) is 11.9 Å². The molecule has 0 saturated heterocycles. The summed E-state index contributed by atoms with van der Waals surface area (Å²) in [6, 6.07) is -0.615. The van der Waals surface area contributed by atoms with E-state index < -0.39 is 11.9 Å². The maximum Gasteiger partial charge on any atom is 0.240 e. The van der Waals surface area contributed by atoms with Gasteiger partial charge in [0.25, 0.3) is 0 Å². The van der Waals surface area contributed by atoms with Crippen molar-refractivity contribution in [2.45, 2.75) is 32.9 Å². The summed E-state index contributed by atoms with van der Waals surface area (Å²) in [5, 5.41) is 19.6. The van der Waals surface area contributed by atoms with Crippen molar-refractivity contribution in [1.29, 1.82) is 0 Å². The number of carbonyl (C=O) groups excluding carboxylic acids is 1. The van der Waals surface area contributed by atoms with Gasteiger partial charge in [-0.1, -0.05) is 19.1 Å². The first-order valence-corrected chi connectivity index (χ1v) is 6.08. The van der Waals surface area contributed by atoms with Crippen molar-refractivity contribution in [3.63, 3.8) is 0 Å². The van der Waals surface area contributed by atoms with E-state index in [-0.39, 0.29) is 6.61 Å². The molecule has 0 fully saturated rings. The third-order valence-electron chi connectivity index (χ3n) is 2.41. The van der Waals surface area contributed by atoms with Crippen LogP contribution in [0.2, 0.25) is 0 Å². The molecule has 1 aromatic rings. The summed E-state index contributed by atoms with van der Waals surface area (Å²) in [6.07, 6.45) is 2.28. The Morgan fingerprint density at radius 3 is 2.89 bits per heavy atom. The van der Waals surface area contributed by atoms with E-state index in [2.05, 4.69) is 15.6 Å². The predicted octanol–water partition coefficient (Wildman–Crippen LogP) is -0.567. The first-order chi connectivity index (χ1) is 8.54. The van der Waals surface area contributed by atoms with Crippen molar-refractivity contribution in [2.75, 3.05) is 13.2 Å². The standard InChI is InChI=1S/C11H21N5O2/c1-8(2)6-13-10(11(12)18)9-7-16(15-14-9)4-3-5-17/h7-8,10,13,17H,3-6H2,1-2H3,(H2,12,18). The number of rotatable bonds is 8. The van der Waals surface area contributed by atoms with Crippen LogP contribution >= 0.6 is 0 Å². The normalized spacial score (nSPS) is 12.9. The van der Waals surface area contributed by atoms with Gasteiger partial charge in [-0.2, -0.15) is 0 Å². The van der Waals surface area contributed by atoms with Crippen LogP contribution in [0.5, 0.6) is 0 Å². The van der Waals surface area contributed by atoms with E-state index >= 15 is 0 Å². The summed E-state index contributed by atoms with van der Waals surface area (Å²) >= 11 is 0. The van der Waals surface area contributed by atoms with Crippen LogP contribution in [0.3, 0.4) is 0 Å². The van der Waals surface area contributed by atoms with E-state index in [4.69, 9.17) is 10.8 Å². The van der Waals surface area contributed by atoms with E-state index in [0.717, 1.165) is 0 Å². The van der Waals surface area contributed by atoms with Gasteiger partial charge in [0, 0.05) is 13.2 Å². The highest BCUT2D eigenvalue weighted by atomic mass is 16.3. The number of aliphatic hydroxyl groups is 1. The van der Waals surface area contributed by atoms with Crippen LogP contribution in [0.25, 0.3) is 0 Å². The predicted molar refractivity (Wildman–Crippen MR) is 66.5 cm³/mol. The Morgan fingerprint density at radius 2 is 2.33 bits per heavy atom. The molecular formula is C11H21N5O2. The minimum absolute atomic E-state index is 0.0973. The number of amides is 1. The molecule has 1 aromatic heterocycles. The van der Waals surface area contributed by atoms with E-state index in [1.54, 1.807) is 10.9 Å². The van der Waals surface area contributed by atoms with E-state index in [0.29, 0.717) is 31.1 Å². The molecule has 0 aliphatic heterocycles. The molecular weight excluding hydrogens is 234 g/mol. The van der Waals surface area contributed by atoms with Gasteiger partial charge in [-0.05, 0) is 18.9 Å². The lowest BCUT2D eigenvalue weighted by Gasteiger charge is -2.14. The third-order valence-corrected chi connectivity index (χ3v) is 2.41. The molecule has 7 heteroatoms. The van der Waals surface area contributed by atoms with Gasteiger partial charge in [0.2, 0.25) is 5.91 Å². The zero-order valence-corrected chi connectivity index (χ0v) is 10.8. The minimum atomic E-state index is -0.615. The zero-order valence-electron chi connectivity index (χ0n) is 10.8. The number of carbonyl (C=O) groups is 1. The smallest absolute Gasteiger partial charge is 0.240 e. The Labute approximate surface area is 106 Å². The van der Waals surface area contributed by atoms with Crippen molar-refractivity contribution in [1.82, 2.24) is 20.3 Å². The molecule has 0 saturated carbocycles. The number of nitrogens with zero attached hydrogens (tertiary/aromatic N) is 3. The molecule has 0 bridgehead atoms. The van der Waals surface area contributed by atoms with Gasteiger partial charge in [-0.15, -0.1) is 5.10 Å². The SMILES string of the molecule is CC(C)CNC(C(N)=O)c1cn(CCCO)nn1. The van der Waals surface area contributed by atoms with Crippen LogP contribution in [0.15, 0.2) is 6.20 Å². The van der Waals surface area contributed by atoms with Crippen molar-refractivity contribution < 1.29 is 9.90 Å². The van der Waals surface area contributed by atoms with Crippen LogP contribution in [0.1, 0.15) is 32.0 Å². The number of aryl methyl sites for hydroxylation is 1. The molecule has 1 heterocycles. The quantitative estimate of drug-likeness (QED) is 0.577. The van der Waals surface area contributed by atoms with E-state index in [1.165, 1.54) is 0 Å². The fraction of sp³-hybridized carbons (Fsp3) is 0.727. The number of aromatic nitrogens is 3. The van der Waals surface area contributed by atoms with Crippen molar-refractivity contribution >= 4 is 5.91 Å². The Hall–Kier alpha value is -1.47. The van der Waals surface area contributed by atoms with Crippen LogP contribution in [0.4, 0.5) is 0 Å². The third kappa shape index (κ3) is 4.42. The average molecular weight is 255 g/mol. The maximum atomic E-state index is 11.4. The molecule has 0 aliphatic rings. The lowest BCUT2D eigenvalue weighted by atomic mass is 10.1. The second kappa shape index (κ2) is 7.07. The number of hydrogen-bond acceptors (Lipinski definition) is 5. The molecule has 1 unspecified atom stereocenters. The van der Waals surface area contributed by atoms with Crippen LogP contribution < -0.4 is 11.1 Å². The molecule has 0 aliphatic carbocycles. The zero-order chi connectivity index (χ0) is 13.5. The highest BCUT2D eigenvalue weighted by Crippen LogP contribution is 2.09. The number of primary amides is 1. The Bertz CT molecular complexity index is 377. The Balaban J connectivity index is 2.67. The summed E-state index contributed by atoms with van der Waals surface area (Å²) in [5.41, 5.74) is 5.86. The van der Waals surface area contributed by atoms with Gasteiger partial charge in [0.1, 0.15) is 11.7 Å². The number of nitrogens with two attached hydrogens (primary N) is 1. The fourth-order valence-corrected chi connectivity index (χ4v) is 1.49. The topological polar surface area (TPSA) is 106 Å². The molecule has 1 amide bonds. The monoisotopic (exact) mass is 255 g/mol.